The number of ether oxygens (including phenoxy) is 1. The van der Waals surface area contributed by atoms with Crippen molar-refractivity contribution in [3.05, 3.63) is 35.9 Å². The largest absolute Gasteiger partial charge is 0.380 e. The predicted molar refractivity (Wildman–Crippen MR) is 81.6 cm³/mol. The van der Waals surface area contributed by atoms with Gasteiger partial charge < -0.3 is 15.0 Å². The minimum atomic E-state index is 0.816. The quantitative estimate of drug-likeness (QED) is 0.620. The molecule has 3 heteroatoms. The zero-order chi connectivity index (χ0) is 13.8. The van der Waals surface area contributed by atoms with Gasteiger partial charge in [-0.2, -0.15) is 0 Å². The summed E-state index contributed by atoms with van der Waals surface area (Å²) in [5, 5.41) is 3.40. The molecule has 1 N–H and O–H groups in total. The van der Waals surface area contributed by atoms with E-state index < -0.39 is 0 Å². The van der Waals surface area contributed by atoms with Crippen LogP contribution in [0.25, 0.3) is 0 Å². The van der Waals surface area contributed by atoms with E-state index in [0.29, 0.717) is 0 Å². The molecule has 0 radical (unpaired) electrons. The Labute approximate surface area is 118 Å². The van der Waals surface area contributed by atoms with Crippen LogP contribution in [0.1, 0.15) is 18.4 Å². The molecule has 0 unspecified atom stereocenters. The summed E-state index contributed by atoms with van der Waals surface area (Å²) in [6.45, 7) is 4.85. The average molecular weight is 264 g/mol. The van der Waals surface area contributed by atoms with Gasteiger partial charge in [-0.25, -0.2) is 0 Å². The molecule has 1 rings (SSSR count). The van der Waals surface area contributed by atoms with Crippen molar-refractivity contribution in [1.29, 1.82) is 0 Å². The molecule has 0 atom stereocenters. The van der Waals surface area contributed by atoms with Gasteiger partial charge in [-0.3, -0.25) is 0 Å². The van der Waals surface area contributed by atoms with Crippen molar-refractivity contribution in [3.63, 3.8) is 0 Å². The molecule has 0 amide bonds. The van der Waals surface area contributed by atoms with Gasteiger partial charge in [-0.1, -0.05) is 30.3 Å². The third-order valence-electron chi connectivity index (χ3n) is 2.98. The summed E-state index contributed by atoms with van der Waals surface area (Å²) in [6, 6.07) is 10.6. The number of rotatable bonds is 11. The number of nitrogens with zero attached hydrogens (tertiary/aromatic N) is 1. The zero-order valence-electron chi connectivity index (χ0n) is 12.4. The molecule has 108 valence electrons. The minimum absolute atomic E-state index is 0.816. The molecule has 0 aliphatic rings. The van der Waals surface area contributed by atoms with E-state index in [0.717, 1.165) is 45.7 Å². The number of aryl methyl sites for hydroxylation is 1. The monoisotopic (exact) mass is 264 g/mol. The average Bonchev–Trinajstić information content (AvgIpc) is 2.42. The maximum absolute atomic E-state index is 5.61. The second-order valence-corrected chi connectivity index (χ2v) is 5.11. The van der Waals surface area contributed by atoms with Crippen LogP contribution in [0.5, 0.6) is 0 Å². The first kappa shape index (κ1) is 16.2. The lowest BCUT2D eigenvalue weighted by molar-refractivity contribution is 0.133. The second kappa shape index (κ2) is 11.0. The summed E-state index contributed by atoms with van der Waals surface area (Å²) >= 11 is 0. The Kier molecular flexibility index (Phi) is 9.33. The summed E-state index contributed by atoms with van der Waals surface area (Å²) in [5.74, 6) is 0. The van der Waals surface area contributed by atoms with E-state index in [1.54, 1.807) is 0 Å². The molecular weight excluding hydrogens is 236 g/mol. The van der Waals surface area contributed by atoms with Gasteiger partial charge in [0.25, 0.3) is 0 Å². The van der Waals surface area contributed by atoms with Crippen molar-refractivity contribution in [2.75, 3.05) is 46.9 Å². The normalized spacial score (nSPS) is 11.1. The van der Waals surface area contributed by atoms with Crippen molar-refractivity contribution in [2.45, 2.75) is 19.3 Å². The summed E-state index contributed by atoms with van der Waals surface area (Å²) in [6.07, 6.45) is 3.41. The van der Waals surface area contributed by atoms with Crippen molar-refractivity contribution in [1.82, 2.24) is 10.2 Å². The van der Waals surface area contributed by atoms with Crippen molar-refractivity contribution < 1.29 is 4.74 Å². The van der Waals surface area contributed by atoms with Crippen molar-refractivity contribution in [2.24, 2.45) is 0 Å². The number of hydrogen-bond acceptors (Lipinski definition) is 3. The first-order valence-electron chi connectivity index (χ1n) is 7.26. The molecule has 1 aromatic rings. The van der Waals surface area contributed by atoms with E-state index in [1.165, 1.54) is 12.0 Å². The first-order valence-corrected chi connectivity index (χ1v) is 7.26. The molecule has 1 aromatic carbocycles. The molecule has 0 aliphatic carbocycles. The van der Waals surface area contributed by atoms with Crippen molar-refractivity contribution >= 4 is 0 Å². The smallest absolute Gasteiger partial charge is 0.0590 e. The number of hydrogen-bond donors (Lipinski definition) is 1. The Bertz CT molecular complexity index is 301. The molecule has 0 saturated carbocycles. The van der Waals surface area contributed by atoms with Crippen LogP contribution in [0.15, 0.2) is 30.3 Å². The summed E-state index contributed by atoms with van der Waals surface area (Å²) in [7, 11) is 4.21. The van der Waals surface area contributed by atoms with E-state index in [1.807, 2.05) is 0 Å². The maximum atomic E-state index is 5.61. The van der Waals surface area contributed by atoms with Gasteiger partial charge in [-0.05, 0) is 52.0 Å². The highest BCUT2D eigenvalue weighted by Crippen LogP contribution is 2.02. The Morgan fingerprint density at radius 3 is 2.53 bits per heavy atom. The standard InChI is InChI=1S/C16H28N2O/c1-18(2)13-7-11-17-12-15-19-14-6-10-16-8-4-3-5-9-16/h3-5,8-9,17H,6-7,10-15H2,1-2H3. The lowest BCUT2D eigenvalue weighted by Crippen LogP contribution is -2.24. The van der Waals surface area contributed by atoms with Gasteiger partial charge in [0, 0.05) is 13.2 Å². The highest BCUT2D eigenvalue weighted by atomic mass is 16.5. The molecule has 0 bridgehead atoms. The zero-order valence-corrected chi connectivity index (χ0v) is 12.4. The third kappa shape index (κ3) is 9.65. The van der Waals surface area contributed by atoms with Crippen LogP contribution in [-0.4, -0.2) is 51.8 Å². The van der Waals surface area contributed by atoms with Crippen LogP contribution in [0, 0.1) is 0 Å². The minimum Gasteiger partial charge on any atom is -0.380 e. The van der Waals surface area contributed by atoms with E-state index in [4.69, 9.17) is 4.74 Å². The van der Waals surface area contributed by atoms with E-state index in [2.05, 4.69) is 54.6 Å². The molecule has 3 nitrogen and oxygen atoms in total. The Morgan fingerprint density at radius 2 is 1.79 bits per heavy atom. The van der Waals surface area contributed by atoms with E-state index in [-0.39, 0.29) is 0 Å². The Hall–Kier alpha value is -0.900. The highest BCUT2D eigenvalue weighted by molar-refractivity contribution is 5.14. The molecule has 0 heterocycles. The van der Waals surface area contributed by atoms with Gasteiger partial charge in [0.15, 0.2) is 0 Å². The van der Waals surface area contributed by atoms with Crippen LogP contribution < -0.4 is 5.32 Å². The van der Waals surface area contributed by atoms with Crippen molar-refractivity contribution in [3.8, 4) is 0 Å². The van der Waals surface area contributed by atoms with Crippen LogP contribution in [0.3, 0.4) is 0 Å². The van der Waals surface area contributed by atoms with Gasteiger partial charge in [0.05, 0.1) is 6.61 Å². The Balaban J connectivity index is 1.81. The molecule has 0 spiro atoms. The predicted octanol–water partition coefficient (Wildman–Crippen LogP) is 2.18. The lowest BCUT2D eigenvalue weighted by Gasteiger charge is -2.10. The molecule has 0 aromatic heterocycles. The van der Waals surface area contributed by atoms with E-state index >= 15 is 0 Å². The maximum Gasteiger partial charge on any atom is 0.0590 e. The van der Waals surface area contributed by atoms with Crippen LogP contribution in [0.2, 0.25) is 0 Å². The van der Waals surface area contributed by atoms with Gasteiger partial charge in [0.1, 0.15) is 0 Å². The lowest BCUT2D eigenvalue weighted by atomic mass is 10.1. The summed E-state index contributed by atoms with van der Waals surface area (Å²) in [5.41, 5.74) is 1.40. The number of nitrogens with one attached hydrogen (secondary N) is 1. The fraction of sp³-hybridized carbons (Fsp3) is 0.625. The fourth-order valence-electron chi connectivity index (χ4n) is 1.91. The topological polar surface area (TPSA) is 24.5 Å². The molecular formula is C16H28N2O. The fourth-order valence-corrected chi connectivity index (χ4v) is 1.91. The summed E-state index contributed by atoms with van der Waals surface area (Å²) in [4.78, 5) is 2.21. The Morgan fingerprint density at radius 1 is 1.00 bits per heavy atom. The van der Waals surface area contributed by atoms with Crippen LogP contribution in [0.4, 0.5) is 0 Å². The molecule has 0 fully saturated rings. The van der Waals surface area contributed by atoms with Gasteiger partial charge in [0.2, 0.25) is 0 Å². The van der Waals surface area contributed by atoms with Gasteiger partial charge >= 0.3 is 0 Å². The van der Waals surface area contributed by atoms with Gasteiger partial charge in [-0.15, -0.1) is 0 Å². The molecule has 0 aliphatic heterocycles. The first-order chi connectivity index (χ1) is 9.29. The molecule has 19 heavy (non-hydrogen) atoms. The summed E-state index contributed by atoms with van der Waals surface area (Å²) < 4.78 is 5.61. The second-order valence-electron chi connectivity index (χ2n) is 5.11. The van der Waals surface area contributed by atoms with Crippen LogP contribution in [-0.2, 0) is 11.2 Å². The third-order valence-corrected chi connectivity index (χ3v) is 2.98. The SMILES string of the molecule is CN(C)CCCNCCOCCCc1ccccc1. The highest BCUT2D eigenvalue weighted by Gasteiger charge is 1.93. The molecule has 0 saturated heterocycles. The number of benzene rings is 1. The van der Waals surface area contributed by atoms with Crippen LogP contribution >= 0.6 is 0 Å². The van der Waals surface area contributed by atoms with E-state index in [9.17, 15) is 0 Å².